The minimum Gasteiger partial charge on any atom is -0.0859 e. The zero-order valence-electron chi connectivity index (χ0n) is 15.2. The van der Waals surface area contributed by atoms with E-state index in [9.17, 15) is 0 Å². The van der Waals surface area contributed by atoms with Crippen molar-refractivity contribution in [2.75, 3.05) is 0 Å². The molecule has 0 aromatic rings. The SMILES string of the molecule is CCCCCCCCCCCCCCCCCC(C)(C)Br. The molecule has 0 aliphatic rings. The summed E-state index contributed by atoms with van der Waals surface area (Å²) in [6, 6.07) is 0. The highest BCUT2D eigenvalue weighted by atomic mass is 79.9. The van der Waals surface area contributed by atoms with Gasteiger partial charge in [0.15, 0.2) is 0 Å². The zero-order valence-corrected chi connectivity index (χ0v) is 16.8. The first-order valence-corrected chi connectivity index (χ1v) is 10.5. The number of hydrogen-bond donors (Lipinski definition) is 0. The molecule has 0 aromatic carbocycles. The van der Waals surface area contributed by atoms with Crippen LogP contribution >= 0.6 is 15.9 Å². The summed E-state index contributed by atoms with van der Waals surface area (Å²) in [5.41, 5.74) is 0. The van der Waals surface area contributed by atoms with Gasteiger partial charge in [-0.3, -0.25) is 0 Å². The van der Waals surface area contributed by atoms with Crippen molar-refractivity contribution in [3.8, 4) is 0 Å². The molecule has 0 amide bonds. The van der Waals surface area contributed by atoms with Crippen LogP contribution in [0.1, 0.15) is 124 Å². The minimum absolute atomic E-state index is 0.351. The van der Waals surface area contributed by atoms with E-state index in [1.807, 2.05) is 0 Å². The number of unbranched alkanes of at least 4 members (excludes halogenated alkanes) is 14. The fraction of sp³-hybridized carbons (Fsp3) is 1.00. The highest BCUT2D eigenvalue weighted by Gasteiger charge is 2.10. The van der Waals surface area contributed by atoms with Gasteiger partial charge in [0.1, 0.15) is 0 Å². The Bertz CT molecular complexity index is 193. The lowest BCUT2D eigenvalue weighted by molar-refractivity contribution is 0.519. The van der Waals surface area contributed by atoms with E-state index in [1.165, 1.54) is 103 Å². The van der Waals surface area contributed by atoms with Gasteiger partial charge in [-0.05, 0) is 6.42 Å². The fourth-order valence-electron chi connectivity index (χ4n) is 2.92. The second-order valence-electron chi connectivity index (χ2n) is 7.42. The van der Waals surface area contributed by atoms with Crippen LogP contribution in [0.25, 0.3) is 0 Å². The van der Waals surface area contributed by atoms with Crippen molar-refractivity contribution >= 4 is 15.9 Å². The lowest BCUT2D eigenvalue weighted by atomic mass is 10.0. The Kier molecular flexibility index (Phi) is 15.7. The molecule has 0 aliphatic carbocycles. The number of rotatable bonds is 16. The van der Waals surface area contributed by atoms with E-state index in [2.05, 4.69) is 36.7 Å². The van der Waals surface area contributed by atoms with Crippen LogP contribution in [0.15, 0.2) is 0 Å². The predicted molar refractivity (Wildman–Crippen MR) is 103 cm³/mol. The third-order valence-electron chi connectivity index (χ3n) is 4.37. The summed E-state index contributed by atoms with van der Waals surface area (Å²) in [5, 5.41) is 0. The van der Waals surface area contributed by atoms with E-state index >= 15 is 0 Å². The van der Waals surface area contributed by atoms with Crippen LogP contribution in [-0.2, 0) is 0 Å². The normalized spacial score (nSPS) is 12.0. The van der Waals surface area contributed by atoms with E-state index in [0.717, 1.165) is 0 Å². The van der Waals surface area contributed by atoms with Crippen molar-refractivity contribution in [2.45, 2.75) is 128 Å². The molecule has 0 heterocycles. The van der Waals surface area contributed by atoms with Crippen LogP contribution in [-0.4, -0.2) is 4.32 Å². The average Bonchev–Trinajstić information content (AvgIpc) is 2.42. The summed E-state index contributed by atoms with van der Waals surface area (Å²) < 4.78 is 0.351. The van der Waals surface area contributed by atoms with Gasteiger partial charge in [0, 0.05) is 4.32 Å². The Labute approximate surface area is 144 Å². The molecule has 0 aromatic heterocycles. The van der Waals surface area contributed by atoms with E-state index in [0.29, 0.717) is 4.32 Å². The van der Waals surface area contributed by atoms with Gasteiger partial charge in [-0.15, -0.1) is 0 Å². The topological polar surface area (TPSA) is 0 Å². The Morgan fingerprint density at radius 1 is 0.524 bits per heavy atom. The van der Waals surface area contributed by atoms with Gasteiger partial charge in [0.05, 0.1) is 0 Å². The fourth-order valence-corrected chi connectivity index (χ4v) is 3.20. The highest BCUT2D eigenvalue weighted by molar-refractivity contribution is 9.10. The third kappa shape index (κ3) is 20.5. The molecule has 0 bridgehead atoms. The molecule has 0 unspecified atom stereocenters. The molecule has 0 nitrogen and oxygen atoms in total. The largest absolute Gasteiger partial charge is 0.0859 e. The van der Waals surface area contributed by atoms with Gasteiger partial charge < -0.3 is 0 Å². The van der Waals surface area contributed by atoms with Crippen molar-refractivity contribution in [3.05, 3.63) is 0 Å². The molecular formula is C20H41Br. The maximum absolute atomic E-state index is 3.72. The average molecular weight is 361 g/mol. The molecule has 21 heavy (non-hydrogen) atoms. The molecule has 0 N–H and O–H groups in total. The summed E-state index contributed by atoms with van der Waals surface area (Å²) in [7, 11) is 0. The van der Waals surface area contributed by atoms with Crippen molar-refractivity contribution in [2.24, 2.45) is 0 Å². The van der Waals surface area contributed by atoms with Gasteiger partial charge in [-0.2, -0.15) is 0 Å². The first kappa shape index (κ1) is 21.5. The first-order valence-electron chi connectivity index (χ1n) is 9.75. The molecule has 1 heteroatoms. The Morgan fingerprint density at radius 2 is 0.810 bits per heavy atom. The van der Waals surface area contributed by atoms with Crippen molar-refractivity contribution < 1.29 is 0 Å². The van der Waals surface area contributed by atoms with E-state index in [-0.39, 0.29) is 0 Å². The first-order chi connectivity index (χ1) is 10.1. The van der Waals surface area contributed by atoms with Gasteiger partial charge in [0.2, 0.25) is 0 Å². The second kappa shape index (κ2) is 15.4. The van der Waals surface area contributed by atoms with Gasteiger partial charge >= 0.3 is 0 Å². The van der Waals surface area contributed by atoms with Crippen LogP contribution in [0.3, 0.4) is 0 Å². The molecule has 0 saturated carbocycles. The van der Waals surface area contributed by atoms with Gasteiger partial charge in [0.25, 0.3) is 0 Å². The molecule has 0 fully saturated rings. The standard InChI is InChI=1S/C20H41Br/c1-4-5-6-7-8-9-10-11-12-13-14-15-16-17-18-19-20(2,3)21/h4-19H2,1-3H3. The Morgan fingerprint density at radius 3 is 1.10 bits per heavy atom. The summed E-state index contributed by atoms with van der Waals surface area (Å²) in [6.45, 7) is 6.84. The molecule has 0 spiro atoms. The lowest BCUT2D eigenvalue weighted by Crippen LogP contribution is -2.07. The second-order valence-corrected chi connectivity index (χ2v) is 9.57. The Balaban J connectivity index is 3.00. The number of hydrogen-bond acceptors (Lipinski definition) is 0. The number of alkyl halides is 1. The van der Waals surface area contributed by atoms with Crippen LogP contribution < -0.4 is 0 Å². The maximum Gasteiger partial charge on any atom is 0.0201 e. The highest BCUT2D eigenvalue weighted by Crippen LogP contribution is 2.24. The van der Waals surface area contributed by atoms with Crippen LogP contribution in [0.4, 0.5) is 0 Å². The predicted octanol–water partition coefficient (Wildman–Crippen LogP) is 8.42. The van der Waals surface area contributed by atoms with E-state index in [1.54, 1.807) is 0 Å². The lowest BCUT2D eigenvalue weighted by Gasteiger charge is -2.15. The molecule has 128 valence electrons. The van der Waals surface area contributed by atoms with Gasteiger partial charge in [-0.25, -0.2) is 0 Å². The van der Waals surface area contributed by atoms with Crippen LogP contribution in [0, 0.1) is 0 Å². The molecule has 0 saturated heterocycles. The van der Waals surface area contributed by atoms with E-state index < -0.39 is 0 Å². The molecular weight excluding hydrogens is 320 g/mol. The van der Waals surface area contributed by atoms with Crippen molar-refractivity contribution in [1.82, 2.24) is 0 Å². The number of halogens is 1. The van der Waals surface area contributed by atoms with Crippen molar-refractivity contribution in [1.29, 1.82) is 0 Å². The molecule has 0 aliphatic heterocycles. The monoisotopic (exact) mass is 360 g/mol. The summed E-state index contributed by atoms with van der Waals surface area (Å²) >= 11 is 3.72. The quantitative estimate of drug-likeness (QED) is 0.191. The van der Waals surface area contributed by atoms with Crippen molar-refractivity contribution in [3.63, 3.8) is 0 Å². The molecule has 0 atom stereocenters. The smallest absolute Gasteiger partial charge is 0.0201 e. The minimum atomic E-state index is 0.351. The summed E-state index contributed by atoms with van der Waals surface area (Å²) in [6.07, 6.45) is 23.1. The molecule has 0 radical (unpaired) electrons. The van der Waals surface area contributed by atoms with Crippen LogP contribution in [0.2, 0.25) is 0 Å². The maximum atomic E-state index is 3.72. The summed E-state index contributed by atoms with van der Waals surface area (Å²) in [5.74, 6) is 0. The van der Waals surface area contributed by atoms with Gasteiger partial charge in [-0.1, -0.05) is 133 Å². The van der Waals surface area contributed by atoms with E-state index in [4.69, 9.17) is 0 Å². The third-order valence-corrected chi connectivity index (χ3v) is 4.77. The zero-order chi connectivity index (χ0) is 15.8. The molecule has 0 rings (SSSR count). The van der Waals surface area contributed by atoms with Crippen LogP contribution in [0.5, 0.6) is 0 Å². The Hall–Kier alpha value is 0.480. The summed E-state index contributed by atoms with van der Waals surface area (Å²) in [4.78, 5) is 0.